The van der Waals surface area contributed by atoms with Gasteiger partial charge < -0.3 is 9.52 Å². The van der Waals surface area contributed by atoms with Crippen molar-refractivity contribution in [2.24, 2.45) is 0 Å². The van der Waals surface area contributed by atoms with Crippen molar-refractivity contribution in [1.29, 1.82) is 0 Å². The first-order valence-electron chi connectivity index (χ1n) is 7.04. The maximum absolute atomic E-state index is 13.1. The molecule has 124 valence electrons. The Morgan fingerprint density at radius 3 is 3.00 bits per heavy atom. The number of thiocarbonyl (C=S) groups is 1. The Bertz CT molecular complexity index is 809. The third kappa shape index (κ3) is 3.49. The number of carboxylic acids is 1. The molecule has 24 heavy (non-hydrogen) atoms. The van der Waals surface area contributed by atoms with Crippen LogP contribution in [0.25, 0.3) is 11.6 Å². The monoisotopic (exact) mass is 365 g/mol. The van der Waals surface area contributed by atoms with Gasteiger partial charge >= 0.3 is 5.97 Å². The summed E-state index contributed by atoms with van der Waals surface area (Å²) in [7, 11) is 0. The third-order valence-corrected chi connectivity index (χ3v) is 4.78. The van der Waals surface area contributed by atoms with Crippen molar-refractivity contribution in [2.75, 3.05) is 6.54 Å². The lowest BCUT2D eigenvalue weighted by molar-refractivity contribution is -0.140. The number of hydrogen-bond acceptors (Lipinski definition) is 5. The van der Waals surface area contributed by atoms with Gasteiger partial charge in [-0.15, -0.1) is 0 Å². The Hall–Kier alpha value is -2.19. The Morgan fingerprint density at radius 2 is 2.33 bits per heavy atom. The number of thioether (sulfide) groups is 1. The van der Waals surface area contributed by atoms with Crippen LogP contribution < -0.4 is 0 Å². The molecular weight excluding hydrogens is 353 g/mol. The molecule has 1 atom stereocenters. The van der Waals surface area contributed by atoms with E-state index in [2.05, 4.69) is 0 Å². The maximum Gasteiger partial charge on any atom is 0.323 e. The normalized spacial score (nSPS) is 22.4. The molecule has 0 aromatic carbocycles. The lowest BCUT2D eigenvalue weighted by Gasteiger charge is -2.10. The van der Waals surface area contributed by atoms with E-state index in [9.17, 15) is 14.0 Å². The van der Waals surface area contributed by atoms with Crippen LogP contribution in [0.5, 0.6) is 0 Å². The molecule has 1 aromatic rings. The van der Waals surface area contributed by atoms with E-state index in [0.717, 1.165) is 22.2 Å². The fraction of sp³-hybridized carbons (Fsp3) is 0.188. The molecule has 1 N–H and O–H groups in total. The molecule has 1 aliphatic carbocycles. The summed E-state index contributed by atoms with van der Waals surface area (Å²) in [6, 6.07) is 3.42. The number of furan rings is 1. The van der Waals surface area contributed by atoms with E-state index in [1.165, 1.54) is 12.2 Å². The second-order valence-corrected chi connectivity index (χ2v) is 6.81. The molecule has 5 nitrogen and oxygen atoms in total. The van der Waals surface area contributed by atoms with E-state index in [0.29, 0.717) is 22.8 Å². The summed E-state index contributed by atoms with van der Waals surface area (Å²) in [6.45, 7) is -0.465. The van der Waals surface area contributed by atoms with Gasteiger partial charge in [0.25, 0.3) is 5.91 Å². The second-order valence-electron chi connectivity index (χ2n) is 5.13. The predicted octanol–water partition coefficient (Wildman–Crippen LogP) is 3.25. The zero-order valence-corrected chi connectivity index (χ0v) is 13.9. The van der Waals surface area contributed by atoms with Gasteiger partial charge in [0, 0.05) is 18.1 Å². The Kier molecular flexibility index (Phi) is 4.68. The van der Waals surface area contributed by atoms with Crippen molar-refractivity contribution < 1.29 is 23.5 Å². The molecule has 1 saturated heterocycles. The highest BCUT2D eigenvalue weighted by Crippen LogP contribution is 2.33. The van der Waals surface area contributed by atoms with Crippen molar-refractivity contribution in [3.8, 4) is 0 Å². The van der Waals surface area contributed by atoms with E-state index >= 15 is 0 Å². The van der Waals surface area contributed by atoms with E-state index in [1.54, 1.807) is 24.3 Å². The third-order valence-electron chi connectivity index (χ3n) is 3.40. The zero-order valence-electron chi connectivity index (χ0n) is 12.3. The second kappa shape index (κ2) is 6.74. The van der Waals surface area contributed by atoms with E-state index in [-0.39, 0.29) is 4.32 Å². The van der Waals surface area contributed by atoms with Crippen molar-refractivity contribution >= 4 is 51.8 Å². The van der Waals surface area contributed by atoms with Gasteiger partial charge in [0.15, 0.2) is 0 Å². The van der Waals surface area contributed by atoms with E-state index in [4.69, 9.17) is 21.7 Å². The Morgan fingerprint density at radius 1 is 1.54 bits per heavy atom. The van der Waals surface area contributed by atoms with Crippen LogP contribution in [0.2, 0.25) is 0 Å². The molecule has 0 saturated carbocycles. The van der Waals surface area contributed by atoms with Crippen LogP contribution in [0.15, 0.2) is 39.7 Å². The van der Waals surface area contributed by atoms with E-state index in [1.807, 2.05) is 0 Å². The van der Waals surface area contributed by atoms with Gasteiger partial charge in [-0.05, 0) is 18.2 Å². The van der Waals surface area contributed by atoms with Gasteiger partial charge in [0.1, 0.15) is 28.6 Å². The van der Waals surface area contributed by atoms with Crippen molar-refractivity contribution in [3.63, 3.8) is 0 Å². The smallest absolute Gasteiger partial charge is 0.323 e. The Labute approximate surface area is 146 Å². The number of hydrogen-bond donors (Lipinski definition) is 1. The SMILES string of the molecule is O=C(O)CN1C(=O)/C(=C\c2ccc(C3=CCC(F)C=C3)o2)SC1=S. The van der Waals surface area contributed by atoms with Gasteiger partial charge in [-0.25, -0.2) is 4.39 Å². The average molecular weight is 365 g/mol. The number of carboxylic acid groups (broad SMARTS) is 1. The minimum atomic E-state index is -1.13. The summed E-state index contributed by atoms with van der Waals surface area (Å²) >= 11 is 6.06. The van der Waals surface area contributed by atoms with Gasteiger partial charge in [-0.2, -0.15) is 0 Å². The molecule has 0 spiro atoms. The number of nitrogens with zero attached hydrogens (tertiary/aromatic N) is 1. The number of rotatable bonds is 4. The van der Waals surface area contributed by atoms with Crippen LogP contribution in [-0.4, -0.2) is 38.9 Å². The number of amides is 1. The highest BCUT2D eigenvalue weighted by atomic mass is 32.2. The summed E-state index contributed by atoms with van der Waals surface area (Å²) in [4.78, 5) is 24.3. The lowest BCUT2D eigenvalue weighted by Crippen LogP contribution is -2.33. The van der Waals surface area contributed by atoms with Crippen molar-refractivity contribution in [3.05, 3.63) is 46.8 Å². The minimum Gasteiger partial charge on any atom is -0.480 e. The number of aliphatic carboxylic acids is 1. The predicted molar refractivity (Wildman–Crippen MR) is 92.9 cm³/mol. The number of carbonyl (C=O) groups is 2. The number of allylic oxidation sites excluding steroid dienone is 4. The van der Waals surface area contributed by atoms with Crippen LogP contribution in [0.4, 0.5) is 4.39 Å². The molecule has 1 amide bonds. The summed E-state index contributed by atoms with van der Waals surface area (Å²) in [5.74, 6) is -0.569. The number of alkyl halides is 1. The number of carbonyl (C=O) groups excluding carboxylic acids is 1. The van der Waals surface area contributed by atoms with Gasteiger partial charge in [0.2, 0.25) is 0 Å². The first-order valence-corrected chi connectivity index (χ1v) is 8.26. The quantitative estimate of drug-likeness (QED) is 0.652. The standard InChI is InChI=1S/C16H12FNO4S2/c17-10-3-1-9(2-4-10)12-6-5-11(22-12)7-13-15(21)18(8-14(19)20)16(23)24-13/h1-3,5-7,10H,4,8H2,(H,19,20)/b13-7+. The summed E-state index contributed by atoms with van der Waals surface area (Å²) < 4.78 is 18.9. The fourth-order valence-corrected chi connectivity index (χ4v) is 3.50. The number of halogens is 1. The lowest BCUT2D eigenvalue weighted by atomic mass is 10.0. The van der Waals surface area contributed by atoms with Crippen molar-refractivity contribution in [2.45, 2.75) is 12.6 Å². The molecule has 0 bridgehead atoms. The van der Waals surface area contributed by atoms with Crippen LogP contribution in [0.1, 0.15) is 17.9 Å². The summed E-state index contributed by atoms with van der Waals surface area (Å²) in [5, 5.41) is 8.81. The van der Waals surface area contributed by atoms with Gasteiger partial charge in [0.05, 0.1) is 4.91 Å². The average Bonchev–Trinajstić information content (AvgIpc) is 3.09. The maximum atomic E-state index is 13.1. The van der Waals surface area contributed by atoms with Gasteiger partial charge in [-0.3, -0.25) is 14.5 Å². The largest absolute Gasteiger partial charge is 0.480 e. The summed E-state index contributed by atoms with van der Waals surface area (Å²) in [5.41, 5.74) is 0.780. The van der Waals surface area contributed by atoms with Crippen LogP contribution in [-0.2, 0) is 9.59 Å². The molecule has 1 unspecified atom stereocenters. The highest BCUT2D eigenvalue weighted by Gasteiger charge is 2.33. The first kappa shape index (κ1) is 16.7. The summed E-state index contributed by atoms with van der Waals surface area (Å²) in [6.07, 6.45) is 5.72. The molecule has 1 aliphatic heterocycles. The first-order chi connectivity index (χ1) is 11.4. The molecule has 2 heterocycles. The molecule has 1 fully saturated rings. The minimum absolute atomic E-state index is 0.201. The highest BCUT2D eigenvalue weighted by molar-refractivity contribution is 8.26. The van der Waals surface area contributed by atoms with Crippen molar-refractivity contribution in [1.82, 2.24) is 4.90 Å². The van der Waals surface area contributed by atoms with E-state index < -0.39 is 24.6 Å². The van der Waals surface area contributed by atoms with Crippen LogP contribution >= 0.6 is 24.0 Å². The zero-order chi connectivity index (χ0) is 17.3. The topological polar surface area (TPSA) is 70.8 Å². The molecule has 2 aliphatic rings. The molecule has 3 rings (SSSR count). The molecular formula is C16H12FNO4S2. The van der Waals surface area contributed by atoms with Gasteiger partial charge in [-0.1, -0.05) is 36.1 Å². The fourth-order valence-electron chi connectivity index (χ4n) is 2.26. The van der Waals surface area contributed by atoms with Crippen LogP contribution in [0.3, 0.4) is 0 Å². The van der Waals surface area contributed by atoms with Crippen LogP contribution in [0, 0.1) is 0 Å². The molecule has 1 aromatic heterocycles. The Balaban J connectivity index is 1.78. The molecule has 0 radical (unpaired) electrons. The molecule has 8 heteroatoms.